The molecule has 0 N–H and O–H groups in total. The molecule has 36 heavy (non-hydrogen) atoms. The number of hydrogen-bond donors (Lipinski definition) is 0. The molecule has 0 amide bonds. The zero-order chi connectivity index (χ0) is 25.3. The van der Waals surface area contributed by atoms with Crippen LogP contribution < -0.4 is 4.74 Å². The number of aromatic nitrogens is 4. The topological polar surface area (TPSA) is 79.0 Å². The average molecular weight is 519 g/mol. The number of ether oxygens (including phenoxy) is 1. The predicted octanol–water partition coefficient (Wildman–Crippen LogP) is 6.03. The lowest BCUT2D eigenvalue weighted by Gasteiger charge is -2.12. The van der Waals surface area contributed by atoms with E-state index in [1.165, 1.54) is 3.97 Å². The Morgan fingerprint density at radius 1 is 0.917 bits per heavy atom. The average Bonchev–Trinajstić information content (AvgIpc) is 3.47. The van der Waals surface area contributed by atoms with Crippen LogP contribution in [0.15, 0.2) is 95.1 Å². The highest BCUT2D eigenvalue weighted by atomic mass is 32.2. The van der Waals surface area contributed by atoms with Crippen molar-refractivity contribution in [2.45, 2.75) is 36.1 Å². The van der Waals surface area contributed by atoms with Gasteiger partial charge in [0, 0.05) is 28.1 Å². The zero-order valence-corrected chi connectivity index (χ0v) is 21.8. The van der Waals surface area contributed by atoms with Crippen LogP contribution >= 0.6 is 11.8 Å². The van der Waals surface area contributed by atoms with Crippen molar-refractivity contribution in [3.05, 3.63) is 85.1 Å². The first-order chi connectivity index (χ1) is 17.4. The Morgan fingerprint density at radius 2 is 1.61 bits per heavy atom. The third-order valence-corrected chi connectivity index (χ3v) is 8.23. The third-order valence-electron chi connectivity index (χ3n) is 5.60. The van der Waals surface area contributed by atoms with Crippen molar-refractivity contribution >= 4 is 32.7 Å². The number of fused-ring (bicyclic) bond motifs is 1. The van der Waals surface area contributed by atoms with E-state index in [9.17, 15) is 8.42 Å². The molecule has 7 nitrogen and oxygen atoms in total. The molecular formula is C27H26N4O3S2. The summed E-state index contributed by atoms with van der Waals surface area (Å²) < 4.78 is 36.1. The summed E-state index contributed by atoms with van der Waals surface area (Å²) in [6, 6.07) is 23.6. The van der Waals surface area contributed by atoms with Gasteiger partial charge in [0.2, 0.25) is 0 Å². The Kier molecular flexibility index (Phi) is 6.59. The van der Waals surface area contributed by atoms with Gasteiger partial charge in [-0.1, -0.05) is 62.0 Å². The van der Waals surface area contributed by atoms with E-state index in [-0.39, 0.29) is 10.1 Å². The number of para-hydroxylation sites is 1. The Morgan fingerprint density at radius 3 is 2.31 bits per heavy atom. The lowest BCUT2D eigenvalue weighted by atomic mass is 10.1. The molecule has 0 bridgehead atoms. The first kappa shape index (κ1) is 24.1. The molecule has 0 aliphatic carbocycles. The van der Waals surface area contributed by atoms with E-state index in [0.29, 0.717) is 23.5 Å². The number of benzene rings is 3. The molecule has 0 saturated carbocycles. The van der Waals surface area contributed by atoms with Crippen LogP contribution in [0.3, 0.4) is 0 Å². The van der Waals surface area contributed by atoms with Crippen molar-refractivity contribution in [3.8, 4) is 22.8 Å². The smallest absolute Gasteiger partial charge is 0.268 e. The highest BCUT2D eigenvalue weighted by Crippen LogP contribution is 2.36. The molecule has 3 aromatic carbocycles. The molecule has 0 fully saturated rings. The summed E-state index contributed by atoms with van der Waals surface area (Å²) >= 11 is 1.60. The summed E-state index contributed by atoms with van der Waals surface area (Å²) in [4.78, 5) is 0.223. The van der Waals surface area contributed by atoms with Crippen LogP contribution in [-0.2, 0) is 10.0 Å². The monoisotopic (exact) mass is 518 g/mol. The Hall–Kier alpha value is -3.56. The van der Waals surface area contributed by atoms with Gasteiger partial charge < -0.3 is 4.74 Å². The van der Waals surface area contributed by atoms with Gasteiger partial charge in [0.05, 0.1) is 17.0 Å². The Balaban J connectivity index is 1.73. The molecule has 2 heterocycles. The fourth-order valence-electron chi connectivity index (χ4n) is 4.06. The minimum atomic E-state index is -3.82. The molecule has 0 radical (unpaired) electrons. The quantitative estimate of drug-likeness (QED) is 0.234. The molecular weight excluding hydrogens is 492 g/mol. The van der Waals surface area contributed by atoms with E-state index in [2.05, 4.69) is 24.0 Å². The van der Waals surface area contributed by atoms with Gasteiger partial charge in [0.15, 0.2) is 11.0 Å². The van der Waals surface area contributed by atoms with Gasteiger partial charge in [-0.25, -0.2) is 12.4 Å². The van der Waals surface area contributed by atoms with E-state index in [1.807, 2.05) is 54.0 Å². The molecule has 9 heteroatoms. The van der Waals surface area contributed by atoms with Crippen molar-refractivity contribution in [3.63, 3.8) is 0 Å². The van der Waals surface area contributed by atoms with Gasteiger partial charge in [-0.05, 0) is 49.4 Å². The van der Waals surface area contributed by atoms with Gasteiger partial charge in [-0.2, -0.15) is 0 Å². The molecule has 0 unspecified atom stereocenters. The fraction of sp³-hybridized carbons (Fsp3) is 0.185. The second kappa shape index (κ2) is 9.83. The second-order valence-corrected chi connectivity index (χ2v) is 11.8. The molecule has 0 saturated heterocycles. The third kappa shape index (κ3) is 4.40. The van der Waals surface area contributed by atoms with Gasteiger partial charge in [0.25, 0.3) is 10.0 Å². The Labute approximate surface area is 214 Å². The van der Waals surface area contributed by atoms with Gasteiger partial charge >= 0.3 is 0 Å². The van der Waals surface area contributed by atoms with Crippen LogP contribution in [0.2, 0.25) is 0 Å². The number of hydrogen-bond acceptors (Lipinski definition) is 6. The second-order valence-electron chi connectivity index (χ2n) is 8.41. The van der Waals surface area contributed by atoms with Crippen LogP contribution in [0.4, 0.5) is 0 Å². The molecule has 5 aromatic rings. The largest absolute Gasteiger partial charge is 0.494 e. The van der Waals surface area contributed by atoms with E-state index in [4.69, 9.17) is 4.74 Å². The van der Waals surface area contributed by atoms with Gasteiger partial charge in [0.1, 0.15) is 5.75 Å². The standard InChI is InChI=1S/C27H26N4O3S2/c1-4-34-21-16-14-20(15-17-21)31-26(28-29-27(31)35-19(2)3)24-18-30(25-13-9-8-12-23(24)25)36(32,33)22-10-6-5-7-11-22/h5-19H,4H2,1-3H3. The molecule has 2 aromatic heterocycles. The molecule has 184 valence electrons. The van der Waals surface area contributed by atoms with Crippen LogP contribution in [0.5, 0.6) is 5.75 Å². The maximum Gasteiger partial charge on any atom is 0.268 e. The maximum absolute atomic E-state index is 13.6. The normalized spacial score (nSPS) is 11.9. The van der Waals surface area contributed by atoms with Gasteiger partial charge in [-0.15, -0.1) is 10.2 Å². The summed E-state index contributed by atoms with van der Waals surface area (Å²) in [5, 5.41) is 10.8. The lowest BCUT2D eigenvalue weighted by molar-refractivity contribution is 0.340. The first-order valence-electron chi connectivity index (χ1n) is 11.7. The molecule has 5 rings (SSSR count). The van der Waals surface area contributed by atoms with Crippen molar-refractivity contribution in [1.82, 2.24) is 18.7 Å². The summed E-state index contributed by atoms with van der Waals surface area (Å²) in [7, 11) is -3.82. The van der Waals surface area contributed by atoms with Crippen molar-refractivity contribution in [1.29, 1.82) is 0 Å². The maximum atomic E-state index is 13.6. The van der Waals surface area contributed by atoms with E-state index in [0.717, 1.165) is 22.0 Å². The predicted molar refractivity (Wildman–Crippen MR) is 143 cm³/mol. The summed E-state index contributed by atoms with van der Waals surface area (Å²) in [6.07, 6.45) is 1.64. The molecule has 0 atom stereocenters. The highest BCUT2D eigenvalue weighted by molar-refractivity contribution is 7.99. The molecule has 0 aliphatic heterocycles. The van der Waals surface area contributed by atoms with Crippen molar-refractivity contribution in [2.24, 2.45) is 0 Å². The lowest BCUT2D eigenvalue weighted by Crippen LogP contribution is -2.11. The fourth-order valence-corrected chi connectivity index (χ4v) is 6.25. The molecule has 0 aliphatic rings. The van der Waals surface area contributed by atoms with E-state index in [1.54, 1.807) is 54.4 Å². The number of rotatable bonds is 8. The summed E-state index contributed by atoms with van der Waals surface area (Å²) in [6.45, 7) is 6.73. The number of nitrogens with zero attached hydrogens (tertiary/aromatic N) is 4. The molecule has 0 spiro atoms. The van der Waals surface area contributed by atoms with Crippen LogP contribution in [0, 0.1) is 0 Å². The van der Waals surface area contributed by atoms with E-state index < -0.39 is 10.0 Å². The SMILES string of the molecule is CCOc1ccc(-n2c(SC(C)C)nnc2-c2cn(S(=O)(=O)c3ccccc3)c3ccccc23)cc1. The van der Waals surface area contributed by atoms with Crippen molar-refractivity contribution in [2.75, 3.05) is 6.61 Å². The van der Waals surface area contributed by atoms with E-state index >= 15 is 0 Å². The van der Waals surface area contributed by atoms with Crippen LogP contribution in [0.1, 0.15) is 20.8 Å². The zero-order valence-electron chi connectivity index (χ0n) is 20.2. The minimum absolute atomic E-state index is 0.223. The van der Waals surface area contributed by atoms with Crippen LogP contribution in [0.25, 0.3) is 28.0 Å². The van der Waals surface area contributed by atoms with Crippen molar-refractivity contribution < 1.29 is 13.2 Å². The summed E-state index contributed by atoms with van der Waals surface area (Å²) in [5.74, 6) is 1.35. The number of thioether (sulfide) groups is 1. The highest BCUT2D eigenvalue weighted by Gasteiger charge is 2.25. The van der Waals surface area contributed by atoms with Crippen LogP contribution in [-0.4, -0.2) is 39.0 Å². The Bertz CT molecular complexity index is 1610. The van der Waals surface area contributed by atoms with Gasteiger partial charge in [-0.3, -0.25) is 4.57 Å². The minimum Gasteiger partial charge on any atom is -0.494 e. The first-order valence-corrected chi connectivity index (χ1v) is 14.0. The summed E-state index contributed by atoms with van der Waals surface area (Å²) in [5.41, 5.74) is 2.13.